The Kier molecular flexibility index (Phi) is 3.31. The summed E-state index contributed by atoms with van der Waals surface area (Å²) in [5, 5.41) is 9.82. The summed E-state index contributed by atoms with van der Waals surface area (Å²) in [7, 11) is 0. The summed E-state index contributed by atoms with van der Waals surface area (Å²) >= 11 is 0. The molecule has 0 bridgehead atoms. The molecule has 0 aromatic heterocycles. The number of hydrogen-bond donors (Lipinski definition) is 2. The number of amides is 1. The Bertz CT molecular complexity index is 145. The zero-order valence-electron chi connectivity index (χ0n) is 5.77. The van der Waals surface area contributed by atoms with E-state index in [4.69, 9.17) is 5.11 Å². The average Bonchev–Trinajstić information content (AvgIpc) is 1.85. The summed E-state index contributed by atoms with van der Waals surface area (Å²) < 4.78 is 34.4. The summed E-state index contributed by atoms with van der Waals surface area (Å²) in [6.07, 6.45) is -4.87. The van der Waals surface area contributed by atoms with Gasteiger partial charge in [-0.1, -0.05) is 0 Å². The van der Waals surface area contributed by atoms with Crippen molar-refractivity contribution in [1.29, 1.82) is 0 Å². The predicted octanol–water partition coefficient (Wildman–Crippen LogP) is 0.0457. The number of aliphatic hydroxyl groups is 1. The molecule has 0 radical (unpaired) electrons. The Morgan fingerprint density at radius 2 is 2.09 bits per heavy atom. The molecule has 0 unspecified atom stereocenters. The van der Waals surface area contributed by atoms with Crippen LogP contribution in [0.1, 0.15) is 6.92 Å². The Morgan fingerprint density at radius 3 is 2.36 bits per heavy atom. The molecule has 0 aromatic carbocycles. The van der Waals surface area contributed by atoms with Crippen LogP contribution in [0.4, 0.5) is 13.2 Å². The van der Waals surface area contributed by atoms with Gasteiger partial charge in [-0.05, 0) is 6.92 Å². The summed E-state index contributed by atoms with van der Waals surface area (Å²) in [5.41, 5.74) is 0. The molecule has 0 heterocycles. The molecule has 6 heteroatoms. The number of rotatable bonds is 2. The zero-order valence-corrected chi connectivity index (χ0v) is 5.77. The van der Waals surface area contributed by atoms with Gasteiger partial charge in [0, 0.05) is 6.04 Å². The zero-order chi connectivity index (χ0) is 9.07. The van der Waals surface area contributed by atoms with Crippen LogP contribution in [0.25, 0.3) is 0 Å². The third-order valence-corrected chi connectivity index (χ3v) is 0.909. The first-order chi connectivity index (χ1) is 4.88. The lowest BCUT2D eigenvalue weighted by atomic mass is 10.3. The van der Waals surface area contributed by atoms with Gasteiger partial charge in [-0.2, -0.15) is 13.2 Å². The van der Waals surface area contributed by atoms with Crippen molar-refractivity contribution in [1.82, 2.24) is 5.32 Å². The number of aliphatic hydroxyl groups excluding tert-OH is 1. The number of alkyl halides is 3. The maximum absolute atomic E-state index is 11.5. The molecule has 0 fully saturated rings. The van der Waals surface area contributed by atoms with Crippen molar-refractivity contribution in [2.45, 2.75) is 19.1 Å². The summed E-state index contributed by atoms with van der Waals surface area (Å²) in [4.78, 5) is 10.1. The van der Waals surface area contributed by atoms with Gasteiger partial charge in [0.25, 0.3) is 0 Å². The quantitative estimate of drug-likeness (QED) is 0.616. The third kappa shape index (κ3) is 3.82. The monoisotopic (exact) mass is 171 g/mol. The Labute approximate surface area is 61.2 Å². The molecule has 1 atom stereocenters. The van der Waals surface area contributed by atoms with Crippen LogP contribution in [0.15, 0.2) is 0 Å². The van der Waals surface area contributed by atoms with E-state index in [0.29, 0.717) is 0 Å². The molecule has 1 amide bonds. The van der Waals surface area contributed by atoms with E-state index in [-0.39, 0.29) is 0 Å². The smallest absolute Gasteiger partial charge is 0.394 e. The van der Waals surface area contributed by atoms with E-state index in [1.54, 1.807) is 5.32 Å². The van der Waals surface area contributed by atoms with Gasteiger partial charge in [-0.25, -0.2) is 0 Å². The van der Waals surface area contributed by atoms with Crippen LogP contribution in [-0.4, -0.2) is 29.8 Å². The van der Waals surface area contributed by atoms with E-state index in [0.717, 1.165) is 0 Å². The molecule has 2 N–H and O–H groups in total. The van der Waals surface area contributed by atoms with E-state index in [2.05, 4.69) is 0 Å². The molecule has 0 spiro atoms. The first-order valence-electron chi connectivity index (χ1n) is 2.86. The second-order valence-corrected chi connectivity index (χ2v) is 2.05. The van der Waals surface area contributed by atoms with Crippen molar-refractivity contribution in [3.05, 3.63) is 0 Å². The minimum absolute atomic E-state index is 0.512. The summed E-state index contributed by atoms with van der Waals surface area (Å²) in [5.74, 6) is -2.03. The van der Waals surface area contributed by atoms with Crippen LogP contribution in [0.5, 0.6) is 0 Å². The minimum Gasteiger partial charge on any atom is -0.394 e. The van der Waals surface area contributed by atoms with Crippen molar-refractivity contribution in [3.63, 3.8) is 0 Å². The van der Waals surface area contributed by atoms with Gasteiger partial charge in [0.05, 0.1) is 6.61 Å². The SMILES string of the molecule is C[C@H](CO)NC(=O)C(F)(F)F. The molecule has 0 aliphatic heterocycles. The van der Waals surface area contributed by atoms with Gasteiger partial charge in [0.15, 0.2) is 0 Å². The summed E-state index contributed by atoms with van der Waals surface area (Å²) in [6.45, 7) is 0.755. The van der Waals surface area contributed by atoms with Crippen LogP contribution in [0, 0.1) is 0 Å². The second-order valence-electron chi connectivity index (χ2n) is 2.05. The topological polar surface area (TPSA) is 49.3 Å². The minimum atomic E-state index is -4.87. The maximum atomic E-state index is 11.5. The first-order valence-corrected chi connectivity index (χ1v) is 2.86. The van der Waals surface area contributed by atoms with Gasteiger partial charge in [0.1, 0.15) is 0 Å². The number of carbonyl (C=O) groups is 1. The molecule has 3 nitrogen and oxygen atoms in total. The molecule has 0 rings (SSSR count). The van der Waals surface area contributed by atoms with Crippen molar-refractivity contribution < 1.29 is 23.1 Å². The molecular formula is C5H8F3NO2. The Morgan fingerprint density at radius 1 is 1.64 bits per heavy atom. The van der Waals surface area contributed by atoms with Crippen LogP contribution in [0.2, 0.25) is 0 Å². The number of hydrogen-bond acceptors (Lipinski definition) is 2. The molecule has 0 aromatic rings. The van der Waals surface area contributed by atoms with Crippen molar-refractivity contribution in [2.75, 3.05) is 6.61 Å². The summed E-state index contributed by atoms with van der Waals surface area (Å²) in [6, 6.07) is -0.871. The average molecular weight is 171 g/mol. The van der Waals surface area contributed by atoms with E-state index in [1.165, 1.54) is 6.92 Å². The number of nitrogens with one attached hydrogen (secondary N) is 1. The second kappa shape index (κ2) is 3.56. The van der Waals surface area contributed by atoms with Crippen molar-refractivity contribution in [2.24, 2.45) is 0 Å². The first kappa shape index (κ1) is 10.2. The highest BCUT2D eigenvalue weighted by atomic mass is 19.4. The standard InChI is InChI=1S/C5H8F3NO2/c1-3(2-10)9-4(11)5(6,7)8/h3,10H,2H2,1H3,(H,9,11)/t3-/m1/s1. The third-order valence-electron chi connectivity index (χ3n) is 0.909. The van der Waals surface area contributed by atoms with E-state index in [1.807, 2.05) is 0 Å². The largest absolute Gasteiger partial charge is 0.471 e. The fourth-order valence-corrected chi connectivity index (χ4v) is 0.351. The van der Waals surface area contributed by atoms with Gasteiger partial charge in [-0.15, -0.1) is 0 Å². The fourth-order valence-electron chi connectivity index (χ4n) is 0.351. The van der Waals surface area contributed by atoms with E-state index >= 15 is 0 Å². The predicted molar refractivity (Wildman–Crippen MR) is 30.7 cm³/mol. The van der Waals surface area contributed by atoms with Gasteiger partial charge in [-0.3, -0.25) is 4.79 Å². The highest BCUT2D eigenvalue weighted by Gasteiger charge is 2.38. The molecule has 0 aliphatic carbocycles. The normalized spacial score (nSPS) is 14.3. The van der Waals surface area contributed by atoms with Gasteiger partial charge >= 0.3 is 12.1 Å². The number of carbonyl (C=O) groups excluding carboxylic acids is 1. The molecule has 0 saturated heterocycles. The molecule has 66 valence electrons. The maximum Gasteiger partial charge on any atom is 0.471 e. The van der Waals surface area contributed by atoms with Crippen LogP contribution in [0.3, 0.4) is 0 Å². The lowest BCUT2D eigenvalue weighted by Gasteiger charge is -2.11. The molecule has 0 saturated carbocycles. The molecule has 11 heavy (non-hydrogen) atoms. The highest BCUT2D eigenvalue weighted by molar-refractivity contribution is 5.81. The Hall–Kier alpha value is -0.780. The van der Waals surface area contributed by atoms with Gasteiger partial charge in [0.2, 0.25) is 0 Å². The van der Waals surface area contributed by atoms with Crippen molar-refractivity contribution >= 4 is 5.91 Å². The van der Waals surface area contributed by atoms with Crippen LogP contribution >= 0.6 is 0 Å². The number of halogens is 3. The fraction of sp³-hybridized carbons (Fsp3) is 0.800. The van der Waals surface area contributed by atoms with Crippen LogP contribution < -0.4 is 5.32 Å². The van der Waals surface area contributed by atoms with Crippen molar-refractivity contribution in [3.8, 4) is 0 Å². The van der Waals surface area contributed by atoms with E-state index < -0.39 is 24.7 Å². The van der Waals surface area contributed by atoms with Gasteiger partial charge < -0.3 is 10.4 Å². The Balaban J connectivity index is 3.88. The highest BCUT2D eigenvalue weighted by Crippen LogP contribution is 2.14. The molecular weight excluding hydrogens is 163 g/mol. The van der Waals surface area contributed by atoms with Crippen LogP contribution in [-0.2, 0) is 4.79 Å². The lowest BCUT2D eigenvalue weighted by Crippen LogP contribution is -2.43. The molecule has 0 aliphatic rings. The van der Waals surface area contributed by atoms with E-state index in [9.17, 15) is 18.0 Å². The lowest BCUT2D eigenvalue weighted by molar-refractivity contribution is -0.174.